The molecule has 4 unspecified atom stereocenters. The normalized spacial score (nSPS) is 14.2. The first-order valence-corrected chi connectivity index (χ1v) is 11.8. The Labute approximate surface area is 229 Å². The van der Waals surface area contributed by atoms with Crippen LogP contribution in [0.4, 0.5) is 0 Å². The van der Waals surface area contributed by atoms with Crippen molar-refractivity contribution < 1.29 is 30.0 Å². The van der Waals surface area contributed by atoms with E-state index in [1.165, 1.54) is 0 Å². The molecule has 10 nitrogen and oxygen atoms in total. The minimum atomic E-state index is -1.09. The summed E-state index contributed by atoms with van der Waals surface area (Å²) in [4.78, 5) is 20.7. The summed E-state index contributed by atoms with van der Waals surface area (Å²) in [7, 11) is 0. The molecule has 0 aromatic heterocycles. The van der Waals surface area contributed by atoms with Crippen LogP contribution in [0, 0.1) is 0 Å². The van der Waals surface area contributed by atoms with Crippen LogP contribution in [-0.2, 0) is 9.59 Å². The zero-order valence-electron chi connectivity index (χ0n) is 21.0. The van der Waals surface area contributed by atoms with E-state index in [2.05, 4.69) is 35.1 Å². The molecule has 0 saturated carbocycles. The summed E-state index contributed by atoms with van der Waals surface area (Å²) in [5.74, 6) is -2.19. The Morgan fingerprint density at radius 3 is 1.33 bits per heavy atom. The number of unbranched alkanes of at least 4 members (excludes halogenated alkanes) is 2. The third kappa shape index (κ3) is 28.1. The Bertz CT molecular complexity index is 423. The third-order valence-electron chi connectivity index (χ3n) is 4.75. The zero-order chi connectivity index (χ0) is 24.8. The molecular weight excluding hydrogens is 456 g/mol. The molecule has 6 N–H and O–H groups in total. The quantitative estimate of drug-likeness (QED) is 0.0762. The molecular formula is C22H46CaN4O6. The Morgan fingerprint density at radius 1 is 0.727 bits per heavy atom. The molecule has 0 amide bonds. The van der Waals surface area contributed by atoms with Crippen LogP contribution in [0.3, 0.4) is 0 Å². The van der Waals surface area contributed by atoms with Gasteiger partial charge in [-0.1, -0.05) is 39.5 Å². The summed E-state index contributed by atoms with van der Waals surface area (Å²) in [6, 6.07) is -1.27. The van der Waals surface area contributed by atoms with Gasteiger partial charge >= 0.3 is 37.7 Å². The third-order valence-corrected chi connectivity index (χ3v) is 4.75. The summed E-state index contributed by atoms with van der Waals surface area (Å²) >= 11 is 0. The van der Waals surface area contributed by atoms with Crippen LogP contribution in [0.15, 0.2) is 0 Å². The molecule has 0 bridgehead atoms. The maximum Gasteiger partial charge on any atom is 2.00 e. The SMILES string of the molecule is CCCCC(O)CNCCNC(C)C(=O)[O-].CCCCC(O)CNCCNC(C)C(=O)[O-].[Ca+2]. The standard InChI is InChI=1S/2C11H24N2O3.Ca/c2*1-3-4-5-10(14)8-12-6-7-13-9(2)11(15)16;/h2*9-10,12-14H,3-8H2,1-2H3,(H,15,16);/q;;+2/p-2. The van der Waals surface area contributed by atoms with Crippen molar-refractivity contribution in [3.8, 4) is 0 Å². The van der Waals surface area contributed by atoms with E-state index in [-0.39, 0.29) is 49.9 Å². The van der Waals surface area contributed by atoms with Crippen molar-refractivity contribution in [2.24, 2.45) is 0 Å². The molecule has 0 heterocycles. The van der Waals surface area contributed by atoms with Crippen LogP contribution in [0.25, 0.3) is 0 Å². The molecule has 0 aliphatic carbocycles. The van der Waals surface area contributed by atoms with Crippen LogP contribution in [0.5, 0.6) is 0 Å². The van der Waals surface area contributed by atoms with Crippen LogP contribution in [-0.4, -0.2) is 123 Å². The number of hydrogen-bond donors (Lipinski definition) is 6. The molecule has 0 radical (unpaired) electrons. The number of hydrogen-bond acceptors (Lipinski definition) is 10. The monoisotopic (exact) mass is 502 g/mol. The molecule has 0 fully saturated rings. The second-order valence-corrected chi connectivity index (χ2v) is 7.99. The Balaban J connectivity index is -0.000000529. The van der Waals surface area contributed by atoms with E-state index in [0.717, 1.165) is 38.5 Å². The minimum absolute atomic E-state index is 0. The van der Waals surface area contributed by atoms with E-state index in [1.54, 1.807) is 13.8 Å². The Kier molecular flexibility index (Phi) is 30.2. The number of rotatable bonds is 20. The topological polar surface area (TPSA) is 169 Å². The van der Waals surface area contributed by atoms with Crippen molar-refractivity contribution in [3.63, 3.8) is 0 Å². The number of carboxylic acids is 2. The van der Waals surface area contributed by atoms with E-state index in [9.17, 15) is 30.0 Å². The largest absolute Gasteiger partial charge is 2.00 e. The fraction of sp³-hybridized carbons (Fsp3) is 0.909. The van der Waals surface area contributed by atoms with Crippen LogP contribution >= 0.6 is 0 Å². The van der Waals surface area contributed by atoms with Gasteiger partial charge in [-0.3, -0.25) is 0 Å². The number of carboxylic acid groups (broad SMARTS) is 2. The van der Waals surface area contributed by atoms with Gasteiger partial charge in [-0.25, -0.2) is 0 Å². The van der Waals surface area contributed by atoms with E-state index in [0.29, 0.717) is 39.3 Å². The maximum absolute atomic E-state index is 10.4. The molecule has 33 heavy (non-hydrogen) atoms. The van der Waals surface area contributed by atoms with Gasteiger partial charge in [-0.15, -0.1) is 0 Å². The van der Waals surface area contributed by atoms with Gasteiger partial charge in [0.25, 0.3) is 0 Å². The van der Waals surface area contributed by atoms with Gasteiger partial charge in [0.15, 0.2) is 0 Å². The van der Waals surface area contributed by atoms with Gasteiger partial charge in [0, 0.05) is 51.4 Å². The number of carbonyl (C=O) groups excluding carboxylic acids is 2. The molecule has 0 saturated heterocycles. The number of aliphatic carboxylic acids is 2. The fourth-order valence-corrected chi connectivity index (χ4v) is 2.54. The number of carbonyl (C=O) groups is 2. The predicted octanol–water partition coefficient (Wildman–Crippen LogP) is -2.67. The van der Waals surface area contributed by atoms with E-state index in [1.807, 2.05) is 0 Å². The second kappa shape index (κ2) is 26.6. The van der Waals surface area contributed by atoms with Gasteiger partial charge < -0.3 is 51.3 Å². The van der Waals surface area contributed by atoms with Crippen molar-refractivity contribution in [1.29, 1.82) is 0 Å². The van der Waals surface area contributed by atoms with Crippen molar-refractivity contribution >= 4 is 49.7 Å². The average molecular weight is 503 g/mol. The summed E-state index contributed by atoms with van der Waals surface area (Å²) in [5, 5.41) is 51.4. The molecule has 0 aliphatic heterocycles. The van der Waals surface area contributed by atoms with Gasteiger partial charge in [-0.2, -0.15) is 0 Å². The molecule has 4 atom stereocenters. The molecule has 0 spiro atoms. The molecule has 0 rings (SSSR count). The summed E-state index contributed by atoms with van der Waals surface area (Å²) in [5.41, 5.74) is 0. The Hall–Kier alpha value is -0.0403. The van der Waals surface area contributed by atoms with Crippen LogP contribution in [0.1, 0.15) is 66.2 Å². The number of aliphatic hydroxyl groups is 2. The molecule has 0 aliphatic rings. The van der Waals surface area contributed by atoms with E-state index in [4.69, 9.17) is 0 Å². The Morgan fingerprint density at radius 2 is 1.06 bits per heavy atom. The predicted molar refractivity (Wildman–Crippen MR) is 128 cm³/mol. The van der Waals surface area contributed by atoms with Gasteiger partial charge in [0.05, 0.1) is 24.1 Å². The van der Waals surface area contributed by atoms with Gasteiger partial charge in [0.2, 0.25) is 0 Å². The minimum Gasteiger partial charge on any atom is -0.548 e. The number of nitrogens with one attached hydrogen (secondary N) is 4. The van der Waals surface area contributed by atoms with Gasteiger partial charge in [0.1, 0.15) is 0 Å². The average Bonchev–Trinajstić information content (AvgIpc) is 2.75. The molecule has 11 heteroatoms. The number of aliphatic hydroxyl groups excluding tert-OH is 2. The first-order chi connectivity index (χ1) is 15.1. The molecule has 0 aromatic carbocycles. The van der Waals surface area contributed by atoms with E-state index < -0.39 is 24.0 Å². The maximum atomic E-state index is 10.4. The zero-order valence-corrected chi connectivity index (χ0v) is 23.2. The first-order valence-electron chi connectivity index (χ1n) is 11.8. The smallest absolute Gasteiger partial charge is 0.548 e. The summed E-state index contributed by atoms with van der Waals surface area (Å²) in [6.07, 6.45) is 5.24. The first kappa shape index (κ1) is 37.5. The van der Waals surface area contributed by atoms with Crippen LogP contribution < -0.4 is 31.5 Å². The van der Waals surface area contributed by atoms with Crippen molar-refractivity contribution in [2.45, 2.75) is 90.5 Å². The fourth-order valence-electron chi connectivity index (χ4n) is 2.54. The van der Waals surface area contributed by atoms with Crippen molar-refractivity contribution in [3.05, 3.63) is 0 Å². The van der Waals surface area contributed by atoms with Crippen molar-refractivity contribution in [1.82, 2.24) is 21.3 Å². The summed E-state index contributed by atoms with van der Waals surface area (Å²) in [6.45, 7) is 10.8. The molecule has 0 aromatic rings. The second-order valence-electron chi connectivity index (χ2n) is 7.99. The van der Waals surface area contributed by atoms with Gasteiger partial charge in [-0.05, 0) is 26.7 Å². The van der Waals surface area contributed by atoms with E-state index >= 15 is 0 Å². The van der Waals surface area contributed by atoms with Crippen LogP contribution in [0.2, 0.25) is 0 Å². The summed E-state index contributed by atoms with van der Waals surface area (Å²) < 4.78 is 0. The van der Waals surface area contributed by atoms with Crippen molar-refractivity contribution in [2.75, 3.05) is 39.3 Å². The molecule has 192 valence electrons.